The number of nitrogens with zero attached hydrogens (tertiary/aromatic N) is 1. The normalized spacial score (nSPS) is 14.8. The first-order chi connectivity index (χ1) is 21.9. The smallest absolute Gasteiger partial charge is 0.460 e. The number of hydrogen-bond acceptors (Lipinski definition) is 6. The van der Waals surface area contributed by atoms with Crippen molar-refractivity contribution in [2.45, 2.75) is 78.7 Å². The quantitative estimate of drug-likeness (QED) is 0.170. The number of anilines is 1. The molecule has 1 aliphatic heterocycles. The summed E-state index contributed by atoms with van der Waals surface area (Å²) in [6.07, 6.45) is 13.0. The number of oxime groups is 1. The summed E-state index contributed by atoms with van der Waals surface area (Å²) >= 11 is 0. The second-order valence-electron chi connectivity index (χ2n) is 11.3. The van der Waals surface area contributed by atoms with Crippen LogP contribution in [-0.2, 0) is 4.76 Å². The van der Waals surface area contributed by atoms with Crippen LogP contribution in [0.1, 0.15) is 94.2 Å². The molecule has 1 atom stereocenters. The predicted molar refractivity (Wildman–Crippen MR) is 190 cm³/mol. The van der Waals surface area contributed by atoms with Gasteiger partial charge in [-0.1, -0.05) is 94.3 Å². The average molecular weight is 605 g/mol. The maximum Gasteiger partial charge on any atom is 0.583 e. The van der Waals surface area contributed by atoms with E-state index >= 15 is 0 Å². The third kappa shape index (κ3) is 8.03. The van der Waals surface area contributed by atoms with Crippen LogP contribution >= 0.6 is 0 Å². The highest BCUT2D eigenvalue weighted by Gasteiger charge is 2.26. The number of rotatable bonds is 6. The number of nitrogens with one attached hydrogen (secondary N) is 1. The number of benzene rings is 3. The van der Waals surface area contributed by atoms with Gasteiger partial charge < -0.3 is 19.5 Å². The van der Waals surface area contributed by atoms with Gasteiger partial charge in [-0.2, -0.15) is 0 Å². The summed E-state index contributed by atoms with van der Waals surface area (Å²) in [5, 5.41) is 18.2. The van der Waals surface area contributed by atoms with Crippen LogP contribution in [0.4, 0.5) is 5.69 Å². The summed E-state index contributed by atoms with van der Waals surface area (Å²) in [5.41, 5.74) is 7.22. The molecule has 1 aromatic heterocycles. The number of allylic oxidation sites excluding steroid dienone is 3. The molecule has 0 amide bonds. The van der Waals surface area contributed by atoms with Crippen molar-refractivity contribution in [3.63, 3.8) is 0 Å². The largest absolute Gasteiger partial charge is 0.583 e. The Bertz CT molecular complexity index is 1720. The molecule has 234 valence electrons. The molecule has 2 aliphatic rings. The zero-order valence-electron chi connectivity index (χ0n) is 27.2. The topological polar surface area (TPSA) is 84.1 Å². The molecule has 6 rings (SSSR count). The Balaban J connectivity index is 0.000000602. The highest BCUT2D eigenvalue weighted by atomic mass is 16.6. The number of hydrogen-bond donors (Lipinski definition) is 2. The molecule has 1 aliphatic carbocycles. The molecule has 0 bridgehead atoms. The first-order valence-electron chi connectivity index (χ1n) is 16.1. The van der Waals surface area contributed by atoms with Crippen molar-refractivity contribution in [3.8, 4) is 11.1 Å². The molecule has 4 aromatic rings. The fourth-order valence-corrected chi connectivity index (χ4v) is 5.95. The monoisotopic (exact) mass is 604 g/mol. The number of aryl methyl sites for hydroxylation is 1. The van der Waals surface area contributed by atoms with E-state index in [2.05, 4.69) is 42.2 Å². The molecule has 45 heavy (non-hydrogen) atoms. The van der Waals surface area contributed by atoms with E-state index in [1.807, 2.05) is 76.2 Å². The summed E-state index contributed by atoms with van der Waals surface area (Å²) in [7, 11) is -1.06. The van der Waals surface area contributed by atoms with Crippen molar-refractivity contribution in [1.29, 1.82) is 0 Å². The molecule has 3 aromatic carbocycles. The van der Waals surface area contributed by atoms with Crippen LogP contribution in [0, 0.1) is 6.92 Å². The lowest BCUT2D eigenvalue weighted by Gasteiger charge is -2.23. The van der Waals surface area contributed by atoms with E-state index < -0.39 is 7.12 Å². The zero-order valence-corrected chi connectivity index (χ0v) is 27.2. The second kappa shape index (κ2) is 16.1. The van der Waals surface area contributed by atoms with Crippen LogP contribution in [-0.4, -0.2) is 18.4 Å². The van der Waals surface area contributed by atoms with E-state index in [1.165, 1.54) is 19.3 Å². The third-order valence-electron chi connectivity index (χ3n) is 8.14. The van der Waals surface area contributed by atoms with Crippen molar-refractivity contribution in [2.24, 2.45) is 5.16 Å². The fraction of sp³-hybridized carbons (Fsp3) is 0.316. The van der Waals surface area contributed by atoms with E-state index in [0.717, 1.165) is 52.1 Å². The highest BCUT2D eigenvalue weighted by molar-refractivity contribution is 6.62. The number of fused-ring (bicyclic) bond motifs is 2. The summed E-state index contributed by atoms with van der Waals surface area (Å²) < 4.78 is 11.5. The van der Waals surface area contributed by atoms with Crippen molar-refractivity contribution in [1.82, 2.24) is 0 Å². The minimum Gasteiger partial charge on any atom is -0.460 e. The predicted octanol–water partition coefficient (Wildman–Crippen LogP) is 8.82. The zero-order chi connectivity index (χ0) is 32.3. The van der Waals surface area contributed by atoms with Gasteiger partial charge in [0, 0.05) is 34.3 Å². The highest BCUT2D eigenvalue weighted by Crippen LogP contribution is 2.36. The third-order valence-corrected chi connectivity index (χ3v) is 8.14. The van der Waals surface area contributed by atoms with Crippen LogP contribution in [0.2, 0.25) is 0 Å². The lowest BCUT2D eigenvalue weighted by Crippen LogP contribution is -2.37. The van der Waals surface area contributed by atoms with Gasteiger partial charge in [0.05, 0.1) is 17.6 Å². The molecule has 2 N–H and O–H groups in total. The van der Waals surface area contributed by atoms with Gasteiger partial charge >= 0.3 is 7.12 Å². The van der Waals surface area contributed by atoms with Gasteiger partial charge in [-0.05, 0) is 68.5 Å². The molecule has 1 fully saturated rings. The molecule has 0 saturated heterocycles. The summed E-state index contributed by atoms with van der Waals surface area (Å²) in [6.45, 7) is 13.5. The van der Waals surface area contributed by atoms with Crippen molar-refractivity contribution < 1.29 is 14.2 Å². The minimum absolute atomic E-state index is 0.0336. The maximum absolute atomic E-state index is 13.2. The van der Waals surface area contributed by atoms with Crippen LogP contribution in [0.3, 0.4) is 0 Å². The van der Waals surface area contributed by atoms with Crippen molar-refractivity contribution in [2.75, 3.05) is 5.32 Å². The van der Waals surface area contributed by atoms with E-state index in [9.17, 15) is 9.82 Å². The fourth-order valence-electron chi connectivity index (χ4n) is 5.95. The molecule has 6 nitrogen and oxygen atoms in total. The van der Waals surface area contributed by atoms with E-state index in [-0.39, 0.29) is 11.5 Å². The van der Waals surface area contributed by atoms with Gasteiger partial charge in [0.1, 0.15) is 11.3 Å². The van der Waals surface area contributed by atoms with Gasteiger partial charge in [-0.25, -0.2) is 0 Å². The minimum atomic E-state index is -1.06. The Morgan fingerprint density at radius 1 is 1.07 bits per heavy atom. The summed E-state index contributed by atoms with van der Waals surface area (Å²) in [4.78, 5) is 13.2. The molecule has 0 radical (unpaired) electrons. The lowest BCUT2D eigenvalue weighted by atomic mass is 9.75. The molecular formula is C38H45BN2O4. The molecule has 0 spiro atoms. The van der Waals surface area contributed by atoms with Crippen molar-refractivity contribution >= 4 is 35.5 Å². The van der Waals surface area contributed by atoms with E-state index in [1.54, 1.807) is 18.4 Å². The summed E-state index contributed by atoms with van der Waals surface area (Å²) in [5.74, 6) is 1.14. The molecule has 7 heteroatoms. The van der Waals surface area contributed by atoms with Gasteiger partial charge in [0.15, 0.2) is 5.43 Å². The van der Waals surface area contributed by atoms with E-state index in [0.29, 0.717) is 22.3 Å². The Morgan fingerprint density at radius 3 is 2.53 bits per heavy atom. The Hall–Kier alpha value is -4.36. The number of para-hydroxylation sites is 1. The standard InChI is InChI=1S/C31H31BN2O4.C5H8.C2H6/c1-19-14-25(31-26(15-19)29(35)17-30(37-31)21-8-4-3-5-9-21)20(2)34-28-11-7-6-10-24(28)22-12-13-27-23(16-22)18-33-38-32(27)36;1-3-5-4-2;1-2/h6-7,10-18,20-21,34,36H,3-5,8-9H2,1-2H3;3-5H,1H2,2H3;1-2H3/b;5-4-;. The first kappa shape index (κ1) is 33.5. The molecular weight excluding hydrogens is 559 g/mol. The van der Waals surface area contributed by atoms with Crippen LogP contribution in [0.15, 0.2) is 99.8 Å². The SMILES string of the molecule is C=C/C=C\C.CC.Cc1cc(C(C)Nc2ccccc2-c2ccc3c(c2)C=NOB3O)c2oc(C3CCCCC3)cc(=O)c2c1. The molecule has 1 saturated carbocycles. The average Bonchev–Trinajstić information content (AvgIpc) is 3.07. The Labute approximate surface area is 267 Å². The van der Waals surface area contributed by atoms with Crippen LogP contribution in [0.5, 0.6) is 0 Å². The lowest BCUT2D eigenvalue weighted by molar-refractivity contribution is 0.286. The first-order valence-corrected chi connectivity index (χ1v) is 16.1. The Morgan fingerprint density at radius 2 is 1.82 bits per heavy atom. The van der Waals surface area contributed by atoms with Gasteiger partial charge in [0.2, 0.25) is 0 Å². The van der Waals surface area contributed by atoms with Crippen LogP contribution < -0.4 is 16.2 Å². The van der Waals surface area contributed by atoms with E-state index in [4.69, 9.17) is 9.17 Å². The molecule has 1 unspecified atom stereocenters. The molecule has 2 heterocycles. The van der Waals surface area contributed by atoms with Gasteiger partial charge in [-0.3, -0.25) is 4.79 Å². The van der Waals surface area contributed by atoms with Gasteiger partial charge in [0.25, 0.3) is 0 Å². The van der Waals surface area contributed by atoms with Gasteiger partial charge in [-0.15, -0.1) is 5.16 Å². The second-order valence-corrected chi connectivity index (χ2v) is 11.3. The Kier molecular flexibility index (Phi) is 12.0. The van der Waals surface area contributed by atoms with Crippen LogP contribution in [0.25, 0.3) is 22.1 Å². The maximum atomic E-state index is 13.2. The summed E-state index contributed by atoms with van der Waals surface area (Å²) in [6, 6.07) is 19.7. The van der Waals surface area contributed by atoms with Crippen molar-refractivity contribution in [3.05, 3.63) is 118 Å².